The van der Waals surface area contributed by atoms with Gasteiger partial charge in [-0.1, -0.05) is 28.1 Å². The number of nitrogens with zero attached hydrogens (tertiary/aromatic N) is 2. The lowest BCUT2D eigenvalue weighted by molar-refractivity contribution is 0.0944. The Morgan fingerprint density at radius 3 is 2.90 bits per heavy atom. The second-order valence-corrected chi connectivity index (χ2v) is 4.98. The summed E-state index contributed by atoms with van der Waals surface area (Å²) >= 11 is 3.41. The summed E-state index contributed by atoms with van der Waals surface area (Å²) in [6.45, 7) is 1.81. The van der Waals surface area contributed by atoms with Gasteiger partial charge in [-0.3, -0.25) is 4.79 Å². The standard InChI is InChI=1S/C12H14BrN5O2/c13-9-3-1-2-8(6-9)7-15-4-5-16-12(19)10-11(14)18-20-17-10/h1-3,6,15H,4-5,7H2,(H2,14,18)(H,16,19). The van der Waals surface area contributed by atoms with E-state index in [1.165, 1.54) is 0 Å². The molecule has 1 heterocycles. The van der Waals surface area contributed by atoms with Crippen molar-refractivity contribution in [1.82, 2.24) is 20.9 Å². The fraction of sp³-hybridized carbons (Fsp3) is 0.250. The summed E-state index contributed by atoms with van der Waals surface area (Å²) in [4.78, 5) is 11.6. The van der Waals surface area contributed by atoms with Crippen LogP contribution in [-0.4, -0.2) is 29.3 Å². The number of rotatable bonds is 6. The predicted octanol–water partition coefficient (Wildman–Crippen LogP) is 0.934. The molecule has 1 amide bonds. The second-order valence-electron chi connectivity index (χ2n) is 4.06. The molecular weight excluding hydrogens is 326 g/mol. The van der Waals surface area contributed by atoms with E-state index >= 15 is 0 Å². The van der Waals surface area contributed by atoms with Crippen LogP contribution in [0.25, 0.3) is 0 Å². The topological polar surface area (TPSA) is 106 Å². The average Bonchev–Trinajstić information content (AvgIpc) is 2.84. The molecule has 0 saturated heterocycles. The monoisotopic (exact) mass is 339 g/mol. The van der Waals surface area contributed by atoms with E-state index in [0.717, 1.165) is 16.6 Å². The Morgan fingerprint density at radius 1 is 1.35 bits per heavy atom. The number of hydrogen-bond acceptors (Lipinski definition) is 6. The summed E-state index contributed by atoms with van der Waals surface area (Å²) in [7, 11) is 0. The van der Waals surface area contributed by atoms with Crippen LogP contribution in [-0.2, 0) is 6.54 Å². The summed E-state index contributed by atoms with van der Waals surface area (Å²) in [5.74, 6) is -0.405. The highest BCUT2D eigenvalue weighted by Crippen LogP contribution is 2.11. The van der Waals surface area contributed by atoms with Crippen molar-refractivity contribution >= 4 is 27.7 Å². The van der Waals surface area contributed by atoms with Gasteiger partial charge < -0.3 is 16.4 Å². The zero-order chi connectivity index (χ0) is 14.4. The molecule has 8 heteroatoms. The number of carbonyl (C=O) groups is 1. The molecule has 106 valence electrons. The summed E-state index contributed by atoms with van der Waals surface area (Å²) in [6.07, 6.45) is 0. The Morgan fingerprint density at radius 2 is 2.20 bits per heavy atom. The van der Waals surface area contributed by atoms with Crippen molar-refractivity contribution in [3.8, 4) is 0 Å². The summed E-state index contributed by atoms with van der Waals surface area (Å²) in [6, 6.07) is 8.01. The maximum Gasteiger partial charge on any atom is 0.277 e. The minimum Gasteiger partial charge on any atom is -0.379 e. The number of nitrogens with two attached hydrogens (primary N) is 1. The predicted molar refractivity (Wildman–Crippen MR) is 76.9 cm³/mol. The van der Waals surface area contributed by atoms with Crippen LogP contribution in [0, 0.1) is 0 Å². The third kappa shape index (κ3) is 4.04. The first kappa shape index (κ1) is 14.5. The molecule has 0 spiro atoms. The van der Waals surface area contributed by atoms with Crippen LogP contribution >= 0.6 is 15.9 Å². The van der Waals surface area contributed by atoms with E-state index in [1.807, 2.05) is 24.3 Å². The molecule has 0 aliphatic carbocycles. The average molecular weight is 340 g/mol. The van der Waals surface area contributed by atoms with E-state index in [1.54, 1.807) is 0 Å². The maximum atomic E-state index is 11.6. The first-order valence-electron chi connectivity index (χ1n) is 5.98. The van der Waals surface area contributed by atoms with E-state index in [2.05, 4.69) is 41.5 Å². The smallest absolute Gasteiger partial charge is 0.277 e. The molecule has 7 nitrogen and oxygen atoms in total. The van der Waals surface area contributed by atoms with Crippen LogP contribution in [0.2, 0.25) is 0 Å². The molecule has 0 aliphatic heterocycles. The number of nitrogen functional groups attached to an aromatic ring is 1. The van der Waals surface area contributed by atoms with Gasteiger partial charge in [0.2, 0.25) is 11.5 Å². The number of nitrogens with one attached hydrogen (secondary N) is 2. The molecule has 4 N–H and O–H groups in total. The van der Waals surface area contributed by atoms with Gasteiger partial charge in [0.25, 0.3) is 5.91 Å². The van der Waals surface area contributed by atoms with Crippen molar-refractivity contribution in [3.05, 3.63) is 40.0 Å². The Hall–Kier alpha value is -1.93. The molecule has 0 atom stereocenters. The van der Waals surface area contributed by atoms with Gasteiger partial charge in [-0.15, -0.1) is 0 Å². The summed E-state index contributed by atoms with van der Waals surface area (Å²) < 4.78 is 5.40. The van der Waals surface area contributed by atoms with Crippen molar-refractivity contribution in [2.75, 3.05) is 18.8 Å². The molecule has 0 saturated carbocycles. The van der Waals surface area contributed by atoms with Gasteiger partial charge in [-0.25, -0.2) is 4.63 Å². The SMILES string of the molecule is Nc1nonc1C(=O)NCCNCc1cccc(Br)c1. The number of carbonyl (C=O) groups excluding carboxylic acids is 1. The quantitative estimate of drug-likeness (QED) is 0.676. The number of hydrogen-bond donors (Lipinski definition) is 3. The molecule has 1 aromatic heterocycles. The lowest BCUT2D eigenvalue weighted by atomic mass is 10.2. The molecule has 0 bridgehead atoms. The van der Waals surface area contributed by atoms with Crippen LogP contribution in [0.4, 0.5) is 5.82 Å². The molecule has 1 aromatic carbocycles. The van der Waals surface area contributed by atoms with Crippen molar-refractivity contribution in [3.63, 3.8) is 0 Å². The summed E-state index contributed by atoms with van der Waals surface area (Å²) in [5, 5.41) is 12.7. The molecule has 2 rings (SSSR count). The summed E-state index contributed by atoms with van der Waals surface area (Å²) in [5.41, 5.74) is 6.59. The molecule has 0 unspecified atom stereocenters. The lowest BCUT2D eigenvalue weighted by Crippen LogP contribution is -2.32. The van der Waals surface area contributed by atoms with Crippen LogP contribution < -0.4 is 16.4 Å². The van der Waals surface area contributed by atoms with Crippen molar-refractivity contribution in [1.29, 1.82) is 0 Å². The number of halogens is 1. The normalized spacial score (nSPS) is 10.4. The number of aromatic nitrogens is 2. The van der Waals surface area contributed by atoms with Crippen molar-refractivity contribution in [2.24, 2.45) is 0 Å². The van der Waals surface area contributed by atoms with Gasteiger partial charge in [-0.05, 0) is 28.0 Å². The molecule has 20 heavy (non-hydrogen) atoms. The Balaban J connectivity index is 1.67. The van der Waals surface area contributed by atoms with E-state index < -0.39 is 5.91 Å². The first-order chi connectivity index (χ1) is 9.66. The Labute approximate surface area is 124 Å². The fourth-order valence-electron chi connectivity index (χ4n) is 1.58. The number of benzene rings is 1. The van der Waals surface area contributed by atoms with Gasteiger partial charge in [0.05, 0.1) is 0 Å². The van der Waals surface area contributed by atoms with Crippen LogP contribution in [0.15, 0.2) is 33.4 Å². The van der Waals surface area contributed by atoms with Gasteiger partial charge in [0, 0.05) is 24.1 Å². The molecule has 0 radical (unpaired) electrons. The third-order valence-electron chi connectivity index (χ3n) is 2.53. The van der Waals surface area contributed by atoms with E-state index in [-0.39, 0.29) is 11.5 Å². The van der Waals surface area contributed by atoms with Crippen molar-refractivity contribution in [2.45, 2.75) is 6.54 Å². The third-order valence-corrected chi connectivity index (χ3v) is 3.03. The van der Waals surface area contributed by atoms with Crippen LogP contribution in [0.5, 0.6) is 0 Å². The fourth-order valence-corrected chi connectivity index (χ4v) is 2.03. The Bertz CT molecular complexity index is 587. The number of anilines is 1. The van der Waals surface area contributed by atoms with E-state index in [0.29, 0.717) is 13.1 Å². The van der Waals surface area contributed by atoms with E-state index in [4.69, 9.17) is 5.73 Å². The van der Waals surface area contributed by atoms with Gasteiger partial charge in [0.1, 0.15) is 0 Å². The van der Waals surface area contributed by atoms with Crippen LogP contribution in [0.3, 0.4) is 0 Å². The minimum atomic E-state index is -0.395. The zero-order valence-corrected chi connectivity index (χ0v) is 12.2. The Kier molecular flexibility index (Phi) is 5.08. The molecule has 2 aromatic rings. The molecular formula is C12H14BrN5O2. The maximum absolute atomic E-state index is 11.6. The van der Waals surface area contributed by atoms with Crippen molar-refractivity contribution < 1.29 is 9.42 Å². The molecule has 0 aliphatic rings. The van der Waals surface area contributed by atoms with Crippen LogP contribution in [0.1, 0.15) is 16.1 Å². The minimum absolute atomic E-state index is 0.00963. The zero-order valence-electron chi connectivity index (χ0n) is 10.6. The highest BCUT2D eigenvalue weighted by atomic mass is 79.9. The molecule has 0 fully saturated rings. The van der Waals surface area contributed by atoms with E-state index in [9.17, 15) is 4.79 Å². The highest BCUT2D eigenvalue weighted by Gasteiger charge is 2.14. The number of amides is 1. The first-order valence-corrected chi connectivity index (χ1v) is 6.77. The lowest BCUT2D eigenvalue weighted by Gasteiger charge is -2.06. The second kappa shape index (κ2) is 7.01. The van der Waals surface area contributed by atoms with Gasteiger partial charge >= 0.3 is 0 Å². The largest absolute Gasteiger partial charge is 0.379 e. The van der Waals surface area contributed by atoms with Gasteiger partial charge in [0.15, 0.2) is 0 Å². The highest BCUT2D eigenvalue weighted by molar-refractivity contribution is 9.10. The van der Waals surface area contributed by atoms with Gasteiger partial charge in [-0.2, -0.15) is 0 Å².